The number of methoxy groups -OCH3 is 3. The van der Waals surface area contributed by atoms with Crippen molar-refractivity contribution in [1.82, 2.24) is 29.9 Å². The predicted molar refractivity (Wildman–Crippen MR) is 320 cm³/mol. The van der Waals surface area contributed by atoms with E-state index in [9.17, 15) is 45.2 Å². The van der Waals surface area contributed by atoms with Gasteiger partial charge in [-0.15, -0.1) is 0 Å². The van der Waals surface area contributed by atoms with Crippen LogP contribution in [0.3, 0.4) is 0 Å². The Hall–Kier alpha value is -11.6. The molecule has 0 fully saturated rings. The molecule has 0 atom stereocenters. The summed E-state index contributed by atoms with van der Waals surface area (Å²) < 4.78 is 33.5. The van der Waals surface area contributed by atoms with Crippen LogP contribution in [0.15, 0.2) is 73.2 Å². The maximum Gasteiger partial charge on any atom is 0.339 e. The topological polar surface area (TPSA) is 391 Å². The molecule has 0 bridgehead atoms. The summed E-state index contributed by atoms with van der Waals surface area (Å²) in [6.45, 7) is 13.0. The normalized spacial score (nSPS) is 10.5. The highest BCUT2D eigenvalue weighted by Gasteiger charge is 2.30. The second kappa shape index (κ2) is 27.2. The molecule has 0 unspecified atom stereocenters. The van der Waals surface area contributed by atoms with E-state index in [1.165, 1.54) is 33.6 Å². The molecule has 442 valence electrons. The second-order valence-electron chi connectivity index (χ2n) is 18.8. The van der Waals surface area contributed by atoms with Gasteiger partial charge in [-0.2, -0.15) is 15.8 Å². The van der Waals surface area contributed by atoms with E-state index in [0.717, 1.165) is 11.8 Å². The quantitative estimate of drug-likeness (QED) is 0.0570. The van der Waals surface area contributed by atoms with Gasteiger partial charge in [0.2, 0.25) is 17.6 Å². The Bertz CT molecular complexity index is 4400. The summed E-state index contributed by atoms with van der Waals surface area (Å²) in [5.41, 5.74) is 25.2. The Morgan fingerprint density at radius 2 is 0.839 bits per heavy atom. The van der Waals surface area contributed by atoms with Gasteiger partial charge >= 0.3 is 5.97 Å². The highest BCUT2D eigenvalue weighted by atomic mass is 16.5. The third-order valence-electron chi connectivity index (χ3n) is 13.5. The molecular formula is C63H58N12O12. The largest absolute Gasteiger partial charge is 0.496 e. The molecule has 9 rings (SSSR count). The number of carboxylic acids is 1. The van der Waals surface area contributed by atoms with Gasteiger partial charge in [0.1, 0.15) is 22.8 Å². The van der Waals surface area contributed by atoms with Crippen molar-refractivity contribution in [3.05, 3.63) is 140 Å². The number of ether oxygens (including phenoxy) is 6. The zero-order valence-corrected chi connectivity index (χ0v) is 49.0. The molecular weight excluding hydrogens is 1120 g/mol. The maximum atomic E-state index is 12.4. The van der Waals surface area contributed by atoms with Gasteiger partial charge in [0.15, 0.2) is 0 Å². The van der Waals surface area contributed by atoms with Gasteiger partial charge in [0.25, 0.3) is 17.7 Å². The van der Waals surface area contributed by atoms with E-state index in [2.05, 4.69) is 42.0 Å². The van der Waals surface area contributed by atoms with Gasteiger partial charge < -0.3 is 55.8 Å². The molecule has 3 aromatic carbocycles. The summed E-state index contributed by atoms with van der Waals surface area (Å²) in [5, 5.41) is 48.3. The lowest BCUT2D eigenvalue weighted by Crippen LogP contribution is -2.17. The number of aromatic nitrogens is 6. The van der Waals surface area contributed by atoms with Crippen LogP contribution in [0.25, 0.3) is 66.1 Å². The Morgan fingerprint density at radius 1 is 0.506 bits per heavy atom. The number of rotatable bonds is 17. The van der Waals surface area contributed by atoms with Gasteiger partial charge in [0, 0.05) is 57.5 Å². The number of primary amides is 3. The minimum absolute atomic E-state index is 0.0794. The standard InChI is InChI=1S/C21H18N4O5.C21H20N4O4.C21H20N4O3/c1-4-30-20-17-16(12-6-5-11(8-22)7-14(12)29-3)15(19(23)26)10(2)25-18(17)13(9-24-20)21(27)28;1-4-29-21-18-17(14-6-5-12(8-22)7-15(14)28-3)16(20(23)27)11(2)25-19(18)13(10-26)9-24-21;1-5-28-21-18-17(14-7-6-13(9-22)8-15(14)27-4)16(20(23)26)12(3)25-19(18)11(2)10-24-21/h5-7,9H,4H2,1-3H3,(H2,23,26)(H,27,28);5-7,9,26H,4,10H2,1-3H3,(H2,23,27);6-8,10H,5H2,1-4H3,(H2,23,26). The number of carboxylic acid groups (broad SMARTS) is 1. The highest BCUT2D eigenvalue weighted by molar-refractivity contribution is 6.16. The van der Waals surface area contributed by atoms with Gasteiger partial charge in [-0.3, -0.25) is 29.3 Å². The minimum atomic E-state index is -1.23. The lowest BCUT2D eigenvalue weighted by molar-refractivity contribution is 0.0697. The van der Waals surface area contributed by atoms with E-state index in [0.29, 0.717) is 120 Å². The lowest BCUT2D eigenvalue weighted by Gasteiger charge is -2.19. The molecule has 9 aromatic rings. The van der Waals surface area contributed by atoms with E-state index < -0.39 is 23.7 Å². The fourth-order valence-corrected chi connectivity index (χ4v) is 9.87. The molecule has 24 heteroatoms. The number of aliphatic hydroxyl groups is 1. The number of fused-ring (bicyclic) bond motifs is 3. The average molecular weight is 1180 g/mol. The number of pyridine rings is 6. The van der Waals surface area contributed by atoms with Crippen LogP contribution in [0, 0.1) is 61.7 Å². The number of nitrogens with zero attached hydrogens (tertiary/aromatic N) is 9. The number of amides is 3. The first-order chi connectivity index (χ1) is 41.7. The number of hydrogen-bond donors (Lipinski definition) is 5. The first-order valence-electron chi connectivity index (χ1n) is 26.6. The Balaban J connectivity index is 0.000000187. The first kappa shape index (κ1) is 63.0. The molecule has 0 saturated heterocycles. The van der Waals surface area contributed by atoms with E-state index in [1.807, 2.05) is 26.8 Å². The monoisotopic (exact) mass is 1170 g/mol. The number of aromatic carboxylic acids is 1. The number of aliphatic hydroxyl groups excluding tert-OH is 1. The number of nitrogens with two attached hydrogens (primary N) is 3. The lowest BCUT2D eigenvalue weighted by atomic mass is 9.92. The fourth-order valence-electron chi connectivity index (χ4n) is 9.87. The van der Waals surface area contributed by atoms with Gasteiger partial charge in [0.05, 0.1) is 149 Å². The number of carbonyl (C=O) groups is 4. The Morgan fingerprint density at radius 3 is 1.17 bits per heavy atom. The Kier molecular flexibility index (Phi) is 19.7. The summed E-state index contributed by atoms with van der Waals surface area (Å²) in [4.78, 5) is 75.2. The molecule has 0 aliphatic rings. The molecule has 87 heavy (non-hydrogen) atoms. The second-order valence-corrected chi connectivity index (χ2v) is 18.8. The predicted octanol–water partition coefficient (Wildman–Crippen LogP) is 8.45. The van der Waals surface area contributed by atoms with Crippen LogP contribution in [-0.4, -0.2) is 105 Å². The van der Waals surface area contributed by atoms with E-state index in [-0.39, 0.29) is 69.4 Å². The minimum Gasteiger partial charge on any atom is -0.496 e. The van der Waals surface area contributed by atoms with Crippen molar-refractivity contribution in [1.29, 1.82) is 15.8 Å². The van der Waals surface area contributed by atoms with Crippen LogP contribution in [0.5, 0.6) is 34.9 Å². The van der Waals surface area contributed by atoms with Crippen molar-refractivity contribution in [3.63, 3.8) is 0 Å². The molecule has 0 radical (unpaired) electrons. The van der Waals surface area contributed by atoms with Gasteiger partial charge in [-0.05, 0) is 109 Å². The molecule has 3 amide bonds. The Labute approximate surface area is 498 Å². The summed E-state index contributed by atoms with van der Waals surface area (Å²) in [7, 11) is 4.40. The smallest absolute Gasteiger partial charge is 0.339 e. The third-order valence-corrected chi connectivity index (χ3v) is 13.5. The molecule has 0 saturated carbocycles. The summed E-state index contributed by atoms with van der Waals surface area (Å²) in [5.74, 6) is -1.42. The van der Waals surface area contributed by atoms with E-state index in [1.54, 1.807) is 82.4 Å². The van der Waals surface area contributed by atoms with Crippen molar-refractivity contribution >= 4 is 56.4 Å². The maximum absolute atomic E-state index is 12.4. The van der Waals surface area contributed by atoms with Crippen LogP contribution in [-0.2, 0) is 6.61 Å². The molecule has 6 aromatic heterocycles. The van der Waals surface area contributed by atoms with Gasteiger partial charge in [-0.25, -0.2) is 19.7 Å². The number of carbonyl (C=O) groups excluding carboxylic acids is 3. The highest BCUT2D eigenvalue weighted by Crippen LogP contribution is 2.46. The van der Waals surface area contributed by atoms with Crippen molar-refractivity contribution in [2.75, 3.05) is 41.2 Å². The van der Waals surface area contributed by atoms with Crippen LogP contribution in [0.4, 0.5) is 0 Å². The summed E-state index contributed by atoms with van der Waals surface area (Å²) in [6, 6.07) is 20.7. The van der Waals surface area contributed by atoms with Crippen molar-refractivity contribution < 1.29 is 57.8 Å². The van der Waals surface area contributed by atoms with Crippen LogP contribution in [0.1, 0.15) is 107 Å². The molecule has 0 aliphatic heterocycles. The van der Waals surface area contributed by atoms with Crippen molar-refractivity contribution in [2.24, 2.45) is 17.2 Å². The molecule has 6 heterocycles. The SMILES string of the molecule is CCOc1ncc(C(=O)O)c2nc(C)c(C(N)=O)c(-c3ccc(C#N)cc3OC)c12.CCOc1ncc(C)c2nc(C)c(C(N)=O)c(-c3ccc(C#N)cc3OC)c12.CCOc1ncc(CO)c2nc(C)c(C(N)=O)c(-c3ccc(C#N)cc3OC)c12. The van der Waals surface area contributed by atoms with Gasteiger partial charge in [-0.1, -0.05) is 0 Å². The number of nitriles is 3. The number of hydrogen-bond acceptors (Lipinski definition) is 20. The summed E-state index contributed by atoms with van der Waals surface area (Å²) in [6.07, 6.45) is 4.33. The van der Waals surface area contributed by atoms with E-state index >= 15 is 0 Å². The first-order valence-corrected chi connectivity index (χ1v) is 26.6. The fraction of sp³-hybridized carbons (Fsp3) is 0.222. The molecule has 24 nitrogen and oxygen atoms in total. The van der Waals surface area contributed by atoms with Crippen molar-refractivity contribution in [3.8, 4) is 86.5 Å². The zero-order valence-electron chi connectivity index (χ0n) is 49.0. The molecule has 0 spiro atoms. The van der Waals surface area contributed by atoms with E-state index in [4.69, 9.17) is 45.6 Å². The number of aryl methyl sites for hydroxylation is 4. The molecule has 0 aliphatic carbocycles. The van der Waals surface area contributed by atoms with Crippen LogP contribution >= 0.6 is 0 Å². The molecule has 8 N–H and O–H groups in total. The van der Waals surface area contributed by atoms with Crippen LogP contribution < -0.4 is 45.6 Å². The zero-order chi connectivity index (χ0) is 63.6. The average Bonchev–Trinajstić information content (AvgIpc) is 0.812. The van der Waals surface area contributed by atoms with Crippen LogP contribution in [0.2, 0.25) is 0 Å². The number of benzene rings is 3. The third kappa shape index (κ3) is 12.4. The summed E-state index contributed by atoms with van der Waals surface area (Å²) >= 11 is 0. The van der Waals surface area contributed by atoms with Crippen molar-refractivity contribution in [2.45, 2.75) is 55.1 Å².